The summed E-state index contributed by atoms with van der Waals surface area (Å²) in [5, 5.41) is 10.2. The Kier molecular flexibility index (Phi) is 4.54. The molecule has 0 bridgehead atoms. The minimum Gasteiger partial charge on any atom is -0.338 e. The van der Waals surface area contributed by atoms with Gasteiger partial charge in [0.25, 0.3) is 0 Å². The number of fused-ring (bicyclic) bond motifs is 3. The van der Waals surface area contributed by atoms with Crippen LogP contribution in [-0.4, -0.2) is 25.9 Å². The minimum atomic E-state index is 0.0293. The van der Waals surface area contributed by atoms with E-state index in [4.69, 9.17) is 0 Å². The van der Waals surface area contributed by atoms with Gasteiger partial charge < -0.3 is 4.98 Å². The number of nitrogens with zero attached hydrogens (tertiary/aromatic N) is 3. The van der Waals surface area contributed by atoms with Gasteiger partial charge in [-0.2, -0.15) is 0 Å². The number of benzene rings is 3. The van der Waals surface area contributed by atoms with Crippen molar-refractivity contribution in [3.05, 3.63) is 95.6 Å². The fourth-order valence-electron chi connectivity index (χ4n) is 3.22. The van der Waals surface area contributed by atoms with Crippen molar-refractivity contribution >= 4 is 39.6 Å². The van der Waals surface area contributed by atoms with Crippen LogP contribution in [0.5, 0.6) is 0 Å². The van der Waals surface area contributed by atoms with Crippen LogP contribution in [0.1, 0.15) is 21.5 Å². The molecule has 1 N–H and O–H groups in total. The lowest BCUT2D eigenvalue weighted by Gasteiger charge is -2.04. The van der Waals surface area contributed by atoms with Gasteiger partial charge in [0.15, 0.2) is 11.4 Å². The van der Waals surface area contributed by atoms with E-state index in [0.29, 0.717) is 22.0 Å². The molecule has 6 heteroatoms. The van der Waals surface area contributed by atoms with Gasteiger partial charge in [-0.3, -0.25) is 4.79 Å². The van der Waals surface area contributed by atoms with Crippen molar-refractivity contribution in [3.8, 4) is 0 Å². The normalized spacial score (nSPS) is 11.2. The van der Waals surface area contributed by atoms with Crippen LogP contribution >= 0.6 is 11.8 Å². The molecular formula is C23H16N4OS. The summed E-state index contributed by atoms with van der Waals surface area (Å²) in [6.07, 6.45) is 0. The zero-order valence-corrected chi connectivity index (χ0v) is 16.2. The Morgan fingerprint density at radius 1 is 0.828 bits per heavy atom. The molecule has 0 aliphatic heterocycles. The SMILES string of the molecule is O=C(c1ccccc1)c1ccc(CSc2nnc3c(n2)[nH]c2ccccc23)cc1. The Morgan fingerprint density at radius 2 is 1.55 bits per heavy atom. The molecule has 2 heterocycles. The molecule has 5 rings (SSSR count). The van der Waals surface area contributed by atoms with E-state index in [1.54, 1.807) is 0 Å². The van der Waals surface area contributed by atoms with Crippen LogP contribution in [0.25, 0.3) is 22.1 Å². The topological polar surface area (TPSA) is 71.5 Å². The van der Waals surface area contributed by atoms with Crippen molar-refractivity contribution in [2.45, 2.75) is 10.9 Å². The molecule has 0 unspecified atom stereocenters. The van der Waals surface area contributed by atoms with E-state index in [-0.39, 0.29) is 5.78 Å². The molecule has 0 aliphatic rings. The quantitative estimate of drug-likeness (QED) is 0.333. The summed E-state index contributed by atoms with van der Waals surface area (Å²) >= 11 is 1.52. The molecule has 0 radical (unpaired) electrons. The summed E-state index contributed by atoms with van der Waals surface area (Å²) < 4.78 is 0. The van der Waals surface area contributed by atoms with Gasteiger partial charge in [-0.25, -0.2) is 4.98 Å². The number of hydrogen-bond acceptors (Lipinski definition) is 5. The third-order valence-corrected chi connectivity index (χ3v) is 5.63. The van der Waals surface area contributed by atoms with Crippen LogP contribution in [0.15, 0.2) is 84.0 Å². The second kappa shape index (κ2) is 7.48. The van der Waals surface area contributed by atoms with Crippen molar-refractivity contribution in [1.82, 2.24) is 20.2 Å². The molecule has 2 aromatic heterocycles. The first-order valence-corrected chi connectivity index (χ1v) is 10.2. The Morgan fingerprint density at radius 3 is 2.38 bits per heavy atom. The maximum Gasteiger partial charge on any atom is 0.211 e. The van der Waals surface area contributed by atoms with E-state index in [9.17, 15) is 4.79 Å². The number of H-pyrrole nitrogens is 1. The van der Waals surface area contributed by atoms with Crippen molar-refractivity contribution in [2.24, 2.45) is 0 Å². The second-order valence-corrected chi connectivity index (χ2v) is 7.59. The predicted octanol–water partition coefficient (Wildman–Crippen LogP) is 5.03. The molecule has 0 saturated carbocycles. The lowest BCUT2D eigenvalue weighted by atomic mass is 10.0. The van der Waals surface area contributed by atoms with E-state index < -0.39 is 0 Å². The zero-order valence-electron chi connectivity index (χ0n) is 15.4. The fourth-order valence-corrected chi connectivity index (χ4v) is 3.97. The number of thioether (sulfide) groups is 1. The number of aromatic nitrogens is 4. The number of aromatic amines is 1. The summed E-state index contributed by atoms with van der Waals surface area (Å²) in [6.45, 7) is 0. The van der Waals surface area contributed by atoms with Crippen LogP contribution in [0, 0.1) is 0 Å². The first-order chi connectivity index (χ1) is 14.3. The Labute approximate surface area is 171 Å². The molecule has 3 aromatic carbocycles. The molecule has 5 nitrogen and oxygen atoms in total. The molecular weight excluding hydrogens is 380 g/mol. The molecule has 0 atom stereocenters. The third kappa shape index (κ3) is 3.50. The van der Waals surface area contributed by atoms with Gasteiger partial charge in [0.05, 0.1) is 0 Å². The van der Waals surface area contributed by atoms with Crippen LogP contribution in [-0.2, 0) is 5.75 Å². The largest absolute Gasteiger partial charge is 0.338 e. The number of carbonyl (C=O) groups excluding carboxylic acids is 1. The fraction of sp³-hybridized carbons (Fsp3) is 0.0435. The summed E-state index contributed by atoms with van der Waals surface area (Å²) in [4.78, 5) is 20.4. The van der Waals surface area contributed by atoms with Crippen molar-refractivity contribution in [2.75, 3.05) is 0 Å². The average Bonchev–Trinajstić information content (AvgIpc) is 3.16. The standard InChI is InChI=1S/C23H16N4OS/c28-21(16-6-2-1-3-7-16)17-12-10-15(11-13-17)14-29-23-25-22-20(26-27-23)18-8-4-5-9-19(18)24-22/h1-13H,14H2,(H,24,25,27). The molecule has 0 spiro atoms. The summed E-state index contributed by atoms with van der Waals surface area (Å²) in [6, 6.07) is 25.0. The van der Waals surface area contributed by atoms with Crippen LogP contribution in [0.2, 0.25) is 0 Å². The van der Waals surface area contributed by atoms with Gasteiger partial charge in [-0.05, 0) is 11.6 Å². The summed E-state index contributed by atoms with van der Waals surface area (Å²) in [5.41, 5.74) is 5.01. The predicted molar refractivity (Wildman–Crippen MR) is 115 cm³/mol. The molecule has 29 heavy (non-hydrogen) atoms. The molecule has 140 valence electrons. The number of para-hydroxylation sites is 1. The summed E-state index contributed by atoms with van der Waals surface area (Å²) in [7, 11) is 0. The lowest BCUT2D eigenvalue weighted by molar-refractivity contribution is 0.103. The second-order valence-electron chi connectivity index (χ2n) is 6.64. The molecule has 0 saturated heterocycles. The third-order valence-electron chi connectivity index (χ3n) is 4.72. The smallest absolute Gasteiger partial charge is 0.211 e. The average molecular weight is 396 g/mol. The molecule has 0 fully saturated rings. The van der Waals surface area contributed by atoms with E-state index in [1.165, 1.54) is 11.8 Å². The Bertz CT molecular complexity index is 1310. The van der Waals surface area contributed by atoms with Gasteiger partial charge in [-0.15, -0.1) is 10.2 Å². The molecule has 5 aromatic rings. The molecule has 0 amide bonds. The highest BCUT2D eigenvalue weighted by molar-refractivity contribution is 7.98. The van der Waals surface area contributed by atoms with Gasteiger partial charge >= 0.3 is 0 Å². The van der Waals surface area contributed by atoms with E-state index in [0.717, 1.165) is 27.6 Å². The van der Waals surface area contributed by atoms with Crippen molar-refractivity contribution in [1.29, 1.82) is 0 Å². The highest BCUT2D eigenvalue weighted by Gasteiger charge is 2.10. The highest BCUT2D eigenvalue weighted by atomic mass is 32.2. The first kappa shape index (κ1) is 17.6. The van der Waals surface area contributed by atoms with Gasteiger partial charge in [0, 0.05) is 27.8 Å². The van der Waals surface area contributed by atoms with E-state index >= 15 is 0 Å². The van der Waals surface area contributed by atoms with E-state index in [1.807, 2.05) is 78.9 Å². The van der Waals surface area contributed by atoms with Gasteiger partial charge in [0.1, 0.15) is 5.52 Å². The zero-order chi connectivity index (χ0) is 19.6. The van der Waals surface area contributed by atoms with Gasteiger partial charge in [-0.1, -0.05) is 84.6 Å². The maximum atomic E-state index is 12.5. The monoisotopic (exact) mass is 396 g/mol. The van der Waals surface area contributed by atoms with Crippen LogP contribution in [0.4, 0.5) is 0 Å². The minimum absolute atomic E-state index is 0.0293. The maximum absolute atomic E-state index is 12.5. The van der Waals surface area contributed by atoms with Crippen molar-refractivity contribution in [3.63, 3.8) is 0 Å². The number of hydrogen-bond donors (Lipinski definition) is 1. The summed E-state index contributed by atoms with van der Waals surface area (Å²) in [5.74, 6) is 0.731. The molecule has 0 aliphatic carbocycles. The first-order valence-electron chi connectivity index (χ1n) is 9.20. The van der Waals surface area contributed by atoms with Crippen LogP contribution < -0.4 is 0 Å². The van der Waals surface area contributed by atoms with E-state index in [2.05, 4.69) is 20.2 Å². The van der Waals surface area contributed by atoms with Crippen LogP contribution in [0.3, 0.4) is 0 Å². The number of nitrogens with one attached hydrogen (secondary N) is 1. The Hall–Kier alpha value is -3.51. The number of carbonyl (C=O) groups is 1. The van der Waals surface area contributed by atoms with Gasteiger partial charge in [0.2, 0.25) is 5.16 Å². The van der Waals surface area contributed by atoms with Crippen molar-refractivity contribution < 1.29 is 4.79 Å². The number of rotatable bonds is 5. The Balaban J connectivity index is 1.31. The lowest BCUT2D eigenvalue weighted by Crippen LogP contribution is -2.00. The highest BCUT2D eigenvalue weighted by Crippen LogP contribution is 2.25. The number of ketones is 1.